The first-order valence-electron chi connectivity index (χ1n) is 11.2. The van der Waals surface area contributed by atoms with Crippen LogP contribution in [0, 0.1) is 60.7 Å². The zero-order chi connectivity index (χ0) is 33.3. The Morgan fingerprint density at radius 3 is 1.25 bits per heavy atom. The number of nitro groups is 6. The number of phenols is 2. The quantitative estimate of drug-likeness (QED) is 0.215. The molecule has 0 aliphatic carbocycles. The molecule has 2 N–H and O–H groups in total. The van der Waals surface area contributed by atoms with Gasteiger partial charge in [-0.15, -0.1) is 0 Å². The highest BCUT2D eigenvalue weighted by atomic mass is 16.7. The van der Waals surface area contributed by atoms with Crippen LogP contribution in [0.5, 0.6) is 11.5 Å². The molecular formula is C22H16N8O14. The molecule has 0 saturated heterocycles. The zero-order valence-electron chi connectivity index (χ0n) is 21.7. The van der Waals surface area contributed by atoms with Gasteiger partial charge in [-0.1, -0.05) is 0 Å². The molecule has 0 bridgehead atoms. The summed E-state index contributed by atoms with van der Waals surface area (Å²) in [4.78, 5) is 59.6. The summed E-state index contributed by atoms with van der Waals surface area (Å²) < 4.78 is 2.08. The van der Waals surface area contributed by atoms with Crippen LogP contribution in [0.15, 0.2) is 67.1 Å². The summed E-state index contributed by atoms with van der Waals surface area (Å²) in [6.45, 7) is 0. The van der Waals surface area contributed by atoms with Crippen LogP contribution in [0.25, 0.3) is 11.3 Å². The van der Waals surface area contributed by atoms with E-state index in [2.05, 4.69) is 21.7 Å². The largest absolute Gasteiger partial charge is 0.497 e. The third kappa shape index (κ3) is 7.96. The number of pyridine rings is 1. The van der Waals surface area contributed by atoms with Gasteiger partial charge in [0, 0.05) is 36.9 Å². The van der Waals surface area contributed by atoms with Crippen LogP contribution in [0.3, 0.4) is 0 Å². The number of hydrogen-bond donors (Lipinski definition) is 2. The minimum Gasteiger partial charge on any atom is -0.497 e. The molecule has 0 fully saturated rings. The number of rotatable bonds is 7. The molecule has 0 unspecified atom stereocenters. The molecule has 2 aromatic carbocycles. The molecule has 0 aliphatic heterocycles. The summed E-state index contributed by atoms with van der Waals surface area (Å²) in [6, 6.07) is 9.90. The fourth-order valence-corrected chi connectivity index (χ4v) is 3.22. The van der Waals surface area contributed by atoms with Gasteiger partial charge in [0.1, 0.15) is 0 Å². The molecule has 4 rings (SSSR count). The van der Waals surface area contributed by atoms with E-state index in [1.54, 1.807) is 6.20 Å². The van der Waals surface area contributed by atoms with Crippen molar-refractivity contribution in [2.24, 2.45) is 7.05 Å². The van der Waals surface area contributed by atoms with E-state index in [-0.39, 0.29) is 0 Å². The second-order valence-corrected chi connectivity index (χ2v) is 7.95. The number of nitro benzene ring substituents is 6. The van der Waals surface area contributed by atoms with Crippen LogP contribution in [0.4, 0.5) is 34.1 Å². The summed E-state index contributed by atoms with van der Waals surface area (Å²) in [5.74, 6) is -2.42. The minimum absolute atomic E-state index is 0.447. The van der Waals surface area contributed by atoms with Gasteiger partial charge in [-0.05, 0) is 24.3 Å². The molecule has 0 saturated carbocycles. The number of non-ortho nitro benzene ring substituents is 2. The molecule has 2 heterocycles. The molecular weight excluding hydrogens is 600 g/mol. The van der Waals surface area contributed by atoms with Crippen molar-refractivity contribution in [1.29, 1.82) is 0 Å². The topological polar surface area (TPSA) is 317 Å². The van der Waals surface area contributed by atoms with Gasteiger partial charge in [0.2, 0.25) is 0 Å². The van der Waals surface area contributed by atoms with Crippen molar-refractivity contribution < 1.29 is 39.8 Å². The number of aryl methyl sites for hydroxylation is 1. The van der Waals surface area contributed by atoms with Gasteiger partial charge in [0.25, 0.3) is 22.9 Å². The van der Waals surface area contributed by atoms with Crippen molar-refractivity contribution in [3.05, 3.63) is 128 Å². The number of benzene rings is 2. The summed E-state index contributed by atoms with van der Waals surface area (Å²) in [5.41, 5.74) is -3.65. The maximum atomic E-state index is 10.4. The lowest BCUT2D eigenvalue weighted by molar-refractivity contribution is -0.404. The van der Waals surface area contributed by atoms with Gasteiger partial charge in [-0.3, -0.25) is 65.7 Å². The number of aromatic hydroxyl groups is 2. The Bertz CT molecular complexity index is 1610. The molecule has 0 spiro atoms. The predicted octanol–water partition coefficient (Wildman–Crippen LogP) is 4.32. The van der Waals surface area contributed by atoms with E-state index < -0.39 is 75.2 Å². The highest BCUT2D eigenvalue weighted by Gasteiger charge is 2.31. The standard InChI is InChI=1S/C10H10N2.2C6H3N3O7/c1-12-7-3-5-10(12)9-4-2-6-11-8-9;2*10-6-4(8(13)14)1-3(7(11)12)2-5(6)9(15)16/h2-8H,1H3;2*1-2,10H. The monoisotopic (exact) mass is 616 g/mol. The van der Waals surface area contributed by atoms with Gasteiger partial charge in [-0.25, -0.2) is 0 Å². The molecule has 22 nitrogen and oxygen atoms in total. The molecule has 228 valence electrons. The van der Waals surface area contributed by atoms with E-state index in [0.717, 1.165) is 5.56 Å². The van der Waals surface area contributed by atoms with Crippen LogP contribution >= 0.6 is 0 Å². The Balaban J connectivity index is 0.000000232. The molecule has 0 radical (unpaired) electrons. The molecule has 2 aromatic heterocycles. The van der Waals surface area contributed by atoms with Crippen molar-refractivity contribution in [2.45, 2.75) is 0 Å². The molecule has 4 aromatic rings. The van der Waals surface area contributed by atoms with E-state index >= 15 is 0 Å². The Morgan fingerprint density at radius 2 is 1.00 bits per heavy atom. The van der Waals surface area contributed by atoms with Gasteiger partial charge >= 0.3 is 22.7 Å². The fraction of sp³-hybridized carbons (Fsp3) is 0.0455. The van der Waals surface area contributed by atoms with E-state index in [1.165, 1.54) is 5.69 Å². The SMILES string of the molecule is Cn1cccc1-c1cccnc1.O=[N+]([O-])c1cc([N+](=O)[O-])c(O)c([N+](=O)[O-])c1.O=[N+]([O-])c1cc([N+](=O)[O-])c(O)c([N+](=O)[O-])c1. The molecule has 22 heteroatoms. The summed E-state index contributed by atoms with van der Waals surface area (Å²) in [5, 5.41) is 80.4. The van der Waals surface area contributed by atoms with Gasteiger partial charge < -0.3 is 14.8 Å². The van der Waals surface area contributed by atoms with Crippen molar-refractivity contribution in [3.63, 3.8) is 0 Å². The third-order valence-corrected chi connectivity index (χ3v) is 5.22. The van der Waals surface area contributed by atoms with E-state index in [4.69, 9.17) is 10.2 Å². The molecule has 0 atom stereocenters. The Hall–Kier alpha value is -7.13. The number of aromatic nitrogens is 2. The Labute approximate surface area is 241 Å². The van der Waals surface area contributed by atoms with Crippen LogP contribution < -0.4 is 0 Å². The molecule has 0 aliphatic rings. The highest BCUT2D eigenvalue weighted by molar-refractivity contribution is 5.65. The average molecular weight is 616 g/mol. The van der Waals surface area contributed by atoms with Crippen molar-refractivity contribution in [3.8, 4) is 22.8 Å². The molecule has 0 amide bonds. The van der Waals surface area contributed by atoms with Crippen LogP contribution in [-0.4, -0.2) is 49.3 Å². The first kappa shape index (κ1) is 33.1. The lowest BCUT2D eigenvalue weighted by atomic mass is 10.2. The van der Waals surface area contributed by atoms with Crippen molar-refractivity contribution in [1.82, 2.24) is 9.55 Å². The van der Waals surface area contributed by atoms with Crippen LogP contribution in [0.2, 0.25) is 0 Å². The normalized spacial score (nSPS) is 9.84. The summed E-state index contributed by atoms with van der Waals surface area (Å²) in [6.07, 6.45) is 5.68. The van der Waals surface area contributed by atoms with Gasteiger partial charge in [0.05, 0.1) is 53.8 Å². The Morgan fingerprint density at radius 1 is 0.614 bits per heavy atom. The number of phenolic OH excluding ortho intramolecular Hbond substituents is 2. The van der Waals surface area contributed by atoms with Gasteiger partial charge in [0.15, 0.2) is 0 Å². The fourth-order valence-electron chi connectivity index (χ4n) is 3.22. The van der Waals surface area contributed by atoms with Crippen molar-refractivity contribution >= 4 is 34.1 Å². The van der Waals surface area contributed by atoms with Crippen LogP contribution in [-0.2, 0) is 7.05 Å². The molecule has 44 heavy (non-hydrogen) atoms. The first-order valence-corrected chi connectivity index (χ1v) is 11.2. The number of hydrogen-bond acceptors (Lipinski definition) is 15. The second kappa shape index (κ2) is 14.0. The van der Waals surface area contributed by atoms with E-state index in [1.807, 2.05) is 31.6 Å². The predicted molar refractivity (Wildman–Crippen MR) is 145 cm³/mol. The smallest absolute Gasteiger partial charge is 0.324 e. The lowest BCUT2D eigenvalue weighted by Gasteiger charge is -2.01. The third-order valence-electron chi connectivity index (χ3n) is 5.22. The van der Waals surface area contributed by atoms with E-state index in [9.17, 15) is 60.7 Å². The highest BCUT2D eigenvalue weighted by Crippen LogP contribution is 2.40. The summed E-state index contributed by atoms with van der Waals surface area (Å²) >= 11 is 0. The second-order valence-electron chi connectivity index (χ2n) is 7.95. The lowest BCUT2D eigenvalue weighted by Crippen LogP contribution is -1.97. The maximum Gasteiger partial charge on any atom is 0.324 e. The van der Waals surface area contributed by atoms with Crippen LogP contribution in [0.1, 0.15) is 0 Å². The first-order chi connectivity index (χ1) is 20.6. The zero-order valence-corrected chi connectivity index (χ0v) is 21.7. The minimum atomic E-state index is -1.21. The van der Waals surface area contributed by atoms with E-state index in [0.29, 0.717) is 24.3 Å². The Kier molecular flexibility index (Phi) is 10.5. The summed E-state index contributed by atoms with van der Waals surface area (Å²) in [7, 11) is 2.03. The maximum absolute atomic E-state index is 10.4. The van der Waals surface area contributed by atoms with Gasteiger partial charge in [-0.2, -0.15) is 0 Å². The average Bonchev–Trinajstić information content (AvgIpc) is 3.39. The number of nitrogens with zero attached hydrogens (tertiary/aromatic N) is 8. The van der Waals surface area contributed by atoms with Crippen molar-refractivity contribution in [2.75, 3.05) is 0 Å².